The van der Waals surface area contributed by atoms with Crippen LogP contribution in [0.2, 0.25) is 0 Å². The smallest absolute Gasteiger partial charge is 0.223 e. The maximum Gasteiger partial charge on any atom is 0.223 e. The standard InChI is InChI=1S/C19H28N2O3/c1-13-10-14(2)12-16(11-13)15(3)20-18(23)4-5-19(24)21-8-6-17(22)7-9-21/h10-12,15,17,22H,4-9H2,1-3H3,(H,20,23)/t15-/m1/s1. The van der Waals surface area contributed by atoms with Gasteiger partial charge in [-0.1, -0.05) is 29.3 Å². The molecule has 1 fully saturated rings. The number of likely N-dealkylation sites (tertiary alicyclic amines) is 1. The average molecular weight is 332 g/mol. The Labute approximate surface area is 144 Å². The number of hydrogen-bond acceptors (Lipinski definition) is 3. The van der Waals surface area contributed by atoms with E-state index >= 15 is 0 Å². The fourth-order valence-corrected chi connectivity index (χ4v) is 3.15. The molecule has 132 valence electrons. The molecule has 0 saturated carbocycles. The lowest BCUT2D eigenvalue weighted by atomic mass is 10.0. The summed E-state index contributed by atoms with van der Waals surface area (Å²) in [4.78, 5) is 26.0. The van der Waals surface area contributed by atoms with Gasteiger partial charge in [0.2, 0.25) is 11.8 Å². The third kappa shape index (κ3) is 5.34. The zero-order valence-electron chi connectivity index (χ0n) is 14.8. The highest BCUT2D eigenvalue weighted by molar-refractivity contribution is 5.84. The minimum absolute atomic E-state index is 0.00361. The van der Waals surface area contributed by atoms with Crippen LogP contribution in [-0.4, -0.2) is 41.0 Å². The number of hydrogen-bond donors (Lipinski definition) is 2. The molecular weight excluding hydrogens is 304 g/mol. The number of rotatable bonds is 5. The molecule has 5 nitrogen and oxygen atoms in total. The first-order chi connectivity index (χ1) is 11.3. The molecule has 1 aromatic carbocycles. The SMILES string of the molecule is Cc1cc(C)cc([C@@H](C)NC(=O)CCC(=O)N2CCC(O)CC2)c1. The van der Waals surface area contributed by atoms with Crippen LogP contribution in [0, 0.1) is 13.8 Å². The Kier molecular flexibility index (Phi) is 6.37. The molecule has 1 saturated heterocycles. The van der Waals surface area contributed by atoms with E-state index in [2.05, 4.69) is 23.5 Å². The monoisotopic (exact) mass is 332 g/mol. The van der Waals surface area contributed by atoms with Crippen LogP contribution < -0.4 is 5.32 Å². The van der Waals surface area contributed by atoms with Gasteiger partial charge in [0.25, 0.3) is 0 Å². The molecule has 0 unspecified atom stereocenters. The fraction of sp³-hybridized carbons (Fsp3) is 0.579. The summed E-state index contributed by atoms with van der Waals surface area (Å²) < 4.78 is 0. The number of carbonyl (C=O) groups is 2. The van der Waals surface area contributed by atoms with Gasteiger partial charge in [-0.3, -0.25) is 9.59 Å². The van der Waals surface area contributed by atoms with Crippen LogP contribution in [-0.2, 0) is 9.59 Å². The second kappa shape index (κ2) is 8.29. The normalized spacial score (nSPS) is 16.8. The number of carbonyl (C=O) groups excluding carboxylic acids is 2. The number of nitrogens with one attached hydrogen (secondary N) is 1. The van der Waals surface area contributed by atoms with Crippen LogP contribution >= 0.6 is 0 Å². The van der Waals surface area contributed by atoms with Gasteiger partial charge in [0.1, 0.15) is 0 Å². The van der Waals surface area contributed by atoms with E-state index in [9.17, 15) is 14.7 Å². The van der Waals surface area contributed by atoms with Crippen molar-refractivity contribution in [3.05, 3.63) is 34.9 Å². The van der Waals surface area contributed by atoms with E-state index in [1.54, 1.807) is 4.90 Å². The van der Waals surface area contributed by atoms with Gasteiger partial charge in [-0.25, -0.2) is 0 Å². The van der Waals surface area contributed by atoms with Gasteiger partial charge in [-0.15, -0.1) is 0 Å². The van der Waals surface area contributed by atoms with Crippen molar-refractivity contribution in [1.29, 1.82) is 0 Å². The van der Waals surface area contributed by atoms with Crippen LogP contribution in [0.5, 0.6) is 0 Å². The summed E-state index contributed by atoms with van der Waals surface area (Å²) in [6.45, 7) is 7.21. The lowest BCUT2D eigenvalue weighted by Crippen LogP contribution is -2.40. The molecule has 0 aliphatic carbocycles. The molecule has 0 aromatic heterocycles. The van der Waals surface area contributed by atoms with Gasteiger partial charge in [0.15, 0.2) is 0 Å². The first-order valence-corrected chi connectivity index (χ1v) is 8.68. The summed E-state index contributed by atoms with van der Waals surface area (Å²) in [5.41, 5.74) is 3.43. The van der Waals surface area contributed by atoms with E-state index in [0.717, 1.165) is 5.56 Å². The molecule has 2 N–H and O–H groups in total. The van der Waals surface area contributed by atoms with Crippen LogP contribution in [0.25, 0.3) is 0 Å². The van der Waals surface area contributed by atoms with Crippen molar-refractivity contribution in [2.24, 2.45) is 0 Å². The van der Waals surface area contributed by atoms with E-state index in [-0.39, 0.29) is 36.8 Å². The second-order valence-corrected chi connectivity index (χ2v) is 6.82. The summed E-state index contributed by atoms with van der Waals surface area (Å²) >= 11 is 0. The Morgan fingerprint density at radius 3 is 2.33 bits per heavy atom. The number of aliphatic hydroxyl groups is 1. The Morgan fingerprint density at radius 2 is 1.75 bits per heavy atom. The molecule has 1 aromatic rings. The van der Waals surface area contributed by atoms with Gasteiger partial charge in [0, 0.05) is 25.9 Å². The predicted octanol–water partition coefficient (Wildman–Crippen LogP) is 2.24. The second-order valence-electron chi connectivity index (χ2n) is 6.82. The van der Waals surface area contributed by atoms with Crippen LogP contribution in [0.15, 0.2) is 18.2 Å². The quantitative estimate of drug-likeness (QED) is 0.869. The fourth-order valence-electron chi connectivity index (χ4n) is 3.15. The van der Waals surface area contributed by atoms with Crippen LogP contribution in [0.3, 0.4) is 0 Å². The van der Waals surface area contributed by atoms with Gasteiger partial charge in [-0.05, 0) is 39.2 Å². The first-order valence-electron chi connectivity index (χ1n) is 8.68. The van der Waals surface area contributed by atoms with Crippen molar-refractivity contribution in [3.8, 4) is 0 Å². The highest BCUT2D eigenvalue weighted by Crippen LogP contribution is 2.17. The molecule has 1 aliphatic rings. The number of piperidine rings is 1. The molecule has 2 amide bonds. The summed E-state index contributed by atoms with van der Waals surface area (Å²) in [5.74, 6) is -0.108. The van der Waals surface area contributed by atoms with E-state index in [1.165, 1.54) is 11.1 Å². The molecule has 0 spiro atoms. The van der Waals surface area contributed by atoms with Gasteiger partial charge in [0.05, 0.1) is 12.1 Å². The molecule has 0 bridgehead atoms. The third-order valence-electron chi connectivity index (χ3n) is 4.50. The molecular formula is C19H28N2O3. The lowest BCUT2D eigenvalue weighted by molar-refractivity contribution is -0.135. The van der Waals surface area contributed by atoms with Crippen molar-refractivity contribution in [2.45, 2.75) is 58.6 Å². The number of aliphatic hydroxyl groups excluding tert-OH is 1. The zero-order valence-corrected chi connectivity index (χ0v) is 14.8. The Hall–Kier alpha value is -1.88. The van der Waals surface area contributed by atoms with E-state index in [0.29, 0.717) is 25.9 Å². The molecule has 1 aliphatic heterocycles. The summed E-state index contributed by atoms with van der Waals surface area (Å²) in [6.07, 6.45) is 1.38. The molecule has 0 radical (unpaired) electrons. The zero-order chi connectivity index (χ0) is 17.7. The van der Waals surface area contributed by atoms with Crippen LogP contribution in [0.4, 0.5) is 0 Å². The van der Waals surface area contributed by atoms with E-state index < -0.39 is 0 Å². The Balaban J connectivity index is 1.79. The largest absolute Gasteiger partial charge is 0.393 e. The Bertz CT molecular complexity index is 572. The summed E-state index contributed by atoms with van der Waals surface area (Å²) in [5, 5.41) is 12.4. The minimum atomic E-state index is -0.295. The maximum atomic E-state index is 12.1. The highest BCUT2D eigenvalue weighted by Gasteiger charge is 2.21. The number of amides is 2. The summed E-state index contributed by atoms with van der Waals surface area (Å²) in [6, 6.07) is 6.17. The van der Waals surface area contributed by atoms with Crippen LogP contribution in [0.1, 0.15) is 55.3 Å². The third-order valence-corrected chi connectivity index (χ3v) is 4.50. The van der Waals surface area contributed by atoms with Gasteiger partial charge >= 0.3 is 0 Å². The first kappa shape index (κ1) is 18.5. The molecule has 2 rings (SSSR count). The highest BCUT2D eigenvalue weighted by atomic mass is 16.3. The number of nitrogens with zero attached hydrogens (tertiary/aromatic N) is 1. The Morgan fingerprint density at radius 1 is 1.17 bits per heavy atom. The average Bonchev–Trinajstić information content (AvgIpc) is 2.52. The molecule has 24 heavy (non-hydrogen) atoms. The van der Waals surface area contributed by atoms with Gasteiger partial charge < -0.3 is 15.3 Å². The predicted molar refractivity (Wildman–Crippen MR) is 93.5 cm³/mol. The van der Waals surface area contributed by atoms with Crippen molar-refractivity contribution in [1.82, 2.24) is 10.2 Å². The van der Waals surface area contributed by atoms with Crippen molar-refractivity contribution < 1.29 is 14.7 Å². The van der Waals surface area contributed by atoms with Crippen molar-refractivity contribution in [2.75, 3.05) is 13.1 Å². The number of aryl methyl sites for hydroxylation is 2. The molecule has 1 atom stereocenters. The minimum Gasteiger partial charge on any atom is -0.393 e. The van der Waals surface area contributed by atoms with Crippen molar-refractivity contribution in [3.63, 3.8) is 0 Å². The van der Waals surface area contributed by atoms with E-state index in [4.69, 9.17) is 0 Å². The van der Waals surface area contributed by atoms with E-state index in [1.807, 2.05) is 20.8 Å². The molecule has 5 heteroatoms. The van der Waals surface area contributed by atoms with Gasteiger partial charge in [-0.2, -0.15) is 0 Å². The van der Waals surface area contributed by atoms with Crippen molar-refractivity contribution >= 4 is 11.8 Å². The summed E-state index contributed by atoms with van der Waals surface area (Å²) in [7, 11) is 0. The molecule has 1 heterocycles. The topological polar surface area (TPSA) is 69.6 Å². The maximum absolute atomic E-state index is 12.1. The lowest BCUT2D eigenvalue weighted by Gasteiger charge is -2.29. The number of benzene rings is 1.